The minimum atomic E-state index is 0.903. The van der Waals surface area contributed by atoms with E-state index in [4.69, 9.17) is 5.84 Å². The quantitative estimate of drug-likeness (QED) is 0.340. The lowest BCUT2D eigenvalue weighted by atomic mass is 10.3. The second-order valence-corrected chi connectivity index (χ2v) is 1.82. The van der Waals surface area contributed by atoms with E-state index in [1.54, 1.807) is 0 Å². The van der Waals surface area contributed by atoms with Crippen LogP contribution in [0.5, 0.6) is 0 Å². The molecule has 11 heavy (non-hydrogen) atoms. The molecule has 0 spiro atoms. The van der Waals surface area contributed by atoms with Crippen LogP contribution in [0.25, 0.3) is 0 Å². The monoisotopic (exact) mass is 151 g/mol. The summed E-state index contributed by atoms with van der Waals surface area (Å²) in [6, 6.07) is 9.51. The molecule has 0 heterocycles. The van der Waals surface area contributed by atoms with Gasteiger partial charge in [-0.25, -0.2) is 5.53 Å². The molecular formula is C6H9N5. The molecule has 0 bridgehead atoms. The largest absolute Gasteiger partial charge is 0.303 e. The molecule has 4 N–H and O–H groups in total. The highest BCUT2D eigenvalue weighted by Crippen LogP contribution is 2.01. The fourth-order valence-corrected chi connectivity index (χ4v) is 0.640. The van der Waals surface area contributed by atoms with E-state index in [9.17, 15) is 0 Å². The maximum Gasteiger partial charge on any atom is 0.0556 e. The zero-order valence-electron chi connectivity index (χ0n) is 5.86. The minimum Gasteiger partial charge on any atom is -0.303 e. The van der Waals surface area contributed by atoms with Gasteiger partial charge in [-0.15, -0.1) is 0 Å². The first-order valence-electron chi connectivity index (χ1n) is 3.09. The van der Waals surface area contributed by atoms with Crippen molar-refractivity contribution >= 4 is 5.69 Å². The van der Waals surface area contributed by atoms with Gasteiger partial charge >= 0.3 is 0 Å². The van der Waals surface area contributed by atoms with Crippen LogP contribution in [0.15, 0.2) is 40.8 Å². The molecule has 1 aromatic carbocycles. The van der Waals surface area contributed by atoms with E-state index < -0.39 is 0 Å². The number of para-hydroxylation sites is 1. The van der Waals surface area contributed by atoms with Gasteiger partial charge in [0, 0.05) is 0 Å². The standard InChI is InChI=1S/C6H9N5/c7-9-11-10-8-6-4-2-1-3-5-6/h1-5H,(H,9,10)(H3,7,8,11). The van der Waals surface area contributed by atoms with Gasteiger partial charge in [0.05, 0.1) is 5.69 Å². The van der Waals surface area contributed by atoms with Gasteiger partial charge in [0.1, 0.15) is 0 Å². The van der Waals surface area contributed by atoms with E-state index in [2.05, 4.69) is 21.4 Å². The normalized spacial score (nSPS) is 9.82. The highest BCUT2D eigenvalue weighted by Gasteiger charge is 1.83. The predicted molar refractivity (Wildman–Crippen MR) is 42.2 cm³/mol. The smallest absolute Gasteiger partial charge is 0.0556 e. The van der Waals surface area contributed by atoms with Crippen molar-refractivity contribution in [2.45, 2.75) is 0 Å². The van der Waals surface area contributed by atoms with Gasteiger partial charge in [-0.2, -0.15) is 0 Å². The molecule has 0 aromatic heterocycles. The van der Waals surface area contributed by atoms with Crippen molar-refractivity contribution in [3.05, 3.63) is 30.3 Å². The van der Waals surface area contributed by atoms with Crippen LogP contribution in [-0.4, -0.2) is 0 Å². The average molecular weight is 151 g/mol. The third kappa shape index (κ3) is 2.53. The van der Waals surface area contributed by atoms with Gasteiger partial charge in [-0.3, -0.25) is 5.43 Å². The number of hydrogen-bond donors (Lipinski definition) is 3. The molecular weight excluding hydrogens is 142 g/mol. The van der Waals surface area contributed by atoms with Crippen molar-refractivity contribution in [1.29, 1.82) is 0 Å². The van der Waals surface area contributed by atoms with Gasteiger partial charge in [0.2, 0.25) is 0 Å². The van der Waals surface area contributed by atoms with E-state index in [-0.39, 0.29) is 0 Å². The summed E-state index contributed by atoms with van der Waals surface area (Å²) in [4.78, 5) is 0. The molecule has 1 rings (SSSR count). The average Bonchev–Trinajstić information content (AvgIpc) is 2.07. The van der Waals surface area contributed by atoms with Crippen molar-refractivity contribution in [3.63, 3.8) is 0 Å². The maximum atomic E-state index is 4.75. The first-order valence-corrected chi connectivity index (χ1v) is 3.09. The molecule has 58 valence electrons. The molecule has 0 aliphatic rings. The van der Waals surface area contributed by atoms with Gasteiger partial charge in [-0.05, 0) is 17.4 Å². The van der Waals surface area contributed by atoms with Gasteiger partial charge < -0.3 is 5.84 Å². The Kier molecular flexibility index (Phi) is 2.73. The number of hydrogen-bond acceptors (Lipinski definition) is 3. The van der Waals surface area contributed by atoms with Crippen molar-refractivity contribution in [1.82, 2.24) is 5.53 Å². The second-order valence-electron chi connectivity index (χ2n) is 1.82. The van der Waals surface area contributed by atoms with E-state index in [0.29, 0.717) is 0 Å². The lowest BCUT2D eigenvalue weighted by molar-refractivity contribution is 0.770. The molecule has 0 saturated carbocycles. The van der Waals surface area contributed by atoms with Crippen LogP contribution in [0.2, 0.25) is 0 Å². The molecule has 0 unspecified atom stereocenters. The van der Waals surface area contributed by atoms with E-state index in [1.807, 2.05) is 30.3 Å². The molecule has 0 aliphatic carbocycles. The highest BCUT2D eigenvalue weighted by atomic mass is 15.6. The summed E-state index contributed by atoms with van der Waals surface area (Å²) in [6.07, 6.45) is 0. The highest BCUT2D eigenvalue weighted by molar-refractivity contribution is 5.40. The zero-order valence-corrected chi connectivity index (χ0v) is 5.86. The number of nitrogens with two attached hydrogens (primary N) is 1. The molecule has 0 fully saturated rings. The predicted octanol–water partition coefficient (Wildman–Crippen LogP) is 0.844. The first-order chi connectivity index (χ1) is 5.43. The molecule has 0 saturated heterocycles. The molecule has 0 aliphatic heterocycles. The molecule has 1 aromatic rings. The summed E-state index contributed by atoms with van der Waals surface area (Å²) in [5.74, 6) is 4.75. The van der Waals surface area contributed by atoms with Crippen LogP contribution in [0.3, 0.4) is 0 Å². The Morgan fingerprint density at radius 1 is 1.18 bits per heavy atom. The number of nitrogens with one attached hydrogen (secondary N) is 2. The molecule has 5 heteroatoms. The Bertz CT molecular complexity index is 220. The number of anilines is 1. The van der Waals surface area contributed by atoms with Crippen molar-refractivity contribution in [2.24, 2.45) is 16.3 Å². The minimum absolute atomic E-state index is 0.903. The van der Waals surface area contributed by atoms with Crippen molar-refractivity contribution in [3.8, 4) is 0 Å². The van der Waals surface area contributed by atoms with Gasteiger partial charge in [-0.1, -0.05) is 23.4 Å². The maximum absolute atomic E-state index is 4.75. The zero-order chi connectivity index (χ0) is 7.94. The van der Waals surface area contributed by atoms with Gasteiger partial charge in [0.25, 0.3) is 0 Å². The Labute approximate surface area is 64.2 Å². The van der Waals surface area contributed by atoms with Gasteiger partial charge in [0.15, 0.2) is 0 Å². The van der Waals surface area contributed by atoms with Crippen LogP contribution in [0.4, 0.5) is 5.69 Å². The van der Waals surface area contributed by atoms with Crippen molar-refractivity contribution < 1.29 is 0 Å². The third-order valence-corrected chi connectivity index (χ3v) is 1.08. The number of rotatable bonds is 3. The summed E-state index contributed by atoms with van der Waals surface area (Å²) in [7, 11) is 0. The van der Waals surface area contributed by atoms with E-state index in [1.165, 1.54) is 0 Å². The van der Waals surface area contributed by atoms with Crippen LogP contribution < -0.4 is 16.8 Å². The molecule has 0 amide bonds. The van der Waals surface area contributed by atoms with E-state index >= 15 is 0 Å². The molecule has 0 radical (unpaired) electrons. The summed E-state index contributed by atoms with van der Waals surface area (Å²) in [5.41, 5.74) is 6.09. The molecule has 0 atom stereocenters. The Morgan fingerprint density at radius 3 is 2.55 bits per heavy atom. The second kappa shape index (κ2) is 4.10. The Balaban J connectivity index is 2.39. The van der Waals surface area contributed by atoms with Crippen LogP contribution in [0, 0.1) is 0 Å². The fraction of sp³-hybridized carbons (Fsp3) is 0. The number of nitrogens with zero attached hydrogens (tertiary/aromatic N) is 2. The topological polar surface area (TPSA) is 74.8 Å². The SMILES string of the molecule is N/N=N/NNc1ccccc1. The lowest BCUT2D eigenvalue weighted by Crippen LogP contribution is -2.13. The Morgan fingerprint density at radius 2 is 1.91 bits per heavy atom. The van der Waals surface area contributed by atoms with Crippen LogP contribution in [-0.2, 0) is 0 Å². The Hall–Kier alpha value is -1.78. The molecule has 5 nitrogen and oxygen atoms in total. The summed E-state index contributed by atoms with van der Waals surface area (Å²) in [5, 5.41) is 6.31. The third-order valence-electron chi connectivity index (χ3n) is 1.08. The number of hydrazine groups is 1. The first kappa shape index (κ1) is 7.33. The summed E-state index contributed by atoms with van der Waals surface area (Å²) < 4.78 is 0. The van der Waals surface area contributed by atoms with Crippen LogP contribution >= 0.6 is 0 Å². The van der Waals surface area contributed by atoms with E-state index in [0.717, 1.165) is 5.69 Å². The van der Waals surface area contributed by atoms with Crippen LogP contribution in [0.1, 0.15) is 0 Å². The fourth-order valence-electron chi connectivity index (χ4n) is 0.640. The van der Waals surface area contributed by atoms with Crippen molar-refractivity contribution in [2.75, 3.05) is 5.43 Å². The lowest BCUT2D eigenvalue weighted by Gasteiger charge is -2.01. The summed E-state index contributed by atoms with van der Waals surface area (Å²) in [6.45, 7) is 0. The summed E-state index contributed by atoms with van der Waals surface area (Å²) >= 11 is 0. The number of benzene rings is 1.